The van der Waals surface area contributed by atoms with Gasteiger partial charge in [-0.1, -0.05) is 11.6 Å². The number of hydrogen-bond donors (Lipinski definition) is 1. The summed E-state index contributed by atoms with van der Waals surface area (Å²) in [4.78, 5) is 0. The van der Waals surface area contributed by atoms with Crippen LogP contribution < -0.4 is 15.2 Å². The minimum atomic E-state index is -0.553. The summed E-state index contributed by atoms with van der Waals surface area (Å²) in [6.07, 6.45) is 0. The van der Waals surface area contributed by atoms with Gasteiger partial charge >= 0.3 is 0 Å². The van der Waals surface area contributed by atoms with Crippen molar-refractivity contribution in [2.45, 2.75) is 0 Å². The molecule has 0 spiro atoms. The number of ether oxygens (including phenoxy) is 2. The topological polar surface area (TPSA) is 44.5 Å². The minimum absolute atomic E-state index is 0.0223. The Morgan fingerprint density at radius 3 is 2.63 bits per heavy atom. The molecule has 100 valence electrons. The predicted octanol–water partition coefficient (Wildman–Crippen LogP) is 4.62. The Morgan fingerprint density at radius 1 is 1.21 bits per heavy atom. The Bertz CT molecular complexity index is 622. The van der Waals surface area contributed by atoms with E-state index in [1.54, 1.807) is 18.2 Å². The molecule has 0 radical (unpaired) electrons. The molecule has 0 heterocycles. The summed E-state index contributed by atoms with van der Waals surface area (Å²) in [6.45, 7) is 0. The van der Waals surface area contributed by atoms with Crippen LogP contribution in [0.15, 0.2) is 34.8 Å². The highest BCUT2D eigenvalue weighted by molar-refractivity contribution is 9.10. The lowest BCUT2D eigenvalue weighted by Crippen LogP contribution is -1.93. The van der Waals surface area contributed by atoms with Crippen LogP contribution in [-0.2, 0) is 0 Å². The Labute approximate surface area is 123 Å². The van der Waals surface area contributed by atoms with Crippen LogP contribution in [0.2, 0.25) is 5.02 Å². The van der Waals surface area contributed by atoms with Crippen molar-refractivity contribution in [1.29, 1.82) is 0 Å². The average molecular weight is 347 g/mol. The lowest BCUT2D eigenvalue weighted by molar-refractivity contribution is 0.410. The van der Waals surface area contributed by atoms with Gasteiger partial charge in [0.1, 0.15) is 23.1 Å². The number of nitrogens with two attached hydrogens (primary N) is 1. The van der Waals surface area contributed by atoms with E-state index in [4.69, 9.17) is 26.8 Å². The highest BCUT2D eigenvalue weighted by Crippen LogP contribution is 2.35. The van der Waals surface area contributed by atoms with Crippen molar-refractivity contribution in [3.05, 3.63) is 45.6 Å². The largest absolute Gasteiger partial charge is 0.494 e. The van der Waals surface area contributed by atoms with Crippen LogP contribution >= 0.6 is 27.5 Å². The van der Waals surface area contributed by atoms with Crippen molar-refractivity contribution in [2.24, 2.45) is 0 Å². The molecule has 0 saturated carbocycles. The van der Waals surface area contributed by atoms with Crippen molar-refractivity contribution in [3.63, 3.8) is 0 Å². The molecule has 6 heteroatoms. The quantitative estimate of drug-likeness (QED) is 0.651. The van der Waals surface area contributed by atoms with Crippen molar-refractivity contribution in [3.8, 4) is 17.2 Å². The molecule has 0 aliphatic rings. The molecule has 0 fully saturated rings. The van der Waals surface area contributed by atoms with Crippen LogP contribution in [0, 0.1) is 5.82 Å². The molecule has 0 bridgehead atoms. The Kier molecular flexibility index (Phi) is 4.17. The van der Waals surface area contributed by atoms with Gasteiger partial charge < -0.3 is 15.2 Å². The highest BCUT2D eigenvalue weighted by atomic mass is 79.9. The first-order chi connectivity index (χ1) is 9.01. The van der Waals surface area contributed by atoms with Gasteiger partial charge in [-0.15, -0.1) is 0 Å². The second-order valence-corrected chi connectivity index (χ2v) is 4.96. The third kappa shape index (κ3) is 3.11. The van der Waals surface area contributed by atoms with E-state index in [9.17, 15) is 4.39 Å². The molecule has 0 atom stereocenters. The van der Waals surface area contributed by atoms with Crippen molar-refractivity contribution >= 4 is 33.2 Å². The normalized spacial score (nSPS) is 10.3. The van der Waals surface area contributed by atoms with Crippen LogP contribution in [0.25, 0.3) is 0 Å². The lowest BCUT2D eigenvalue weighted by atomic mass is 10.2. The average Bonchev–Trinajstić information content (AvgIpc) is 2.38. The molecule has 3 nitrogen and oxygen atoms in total. The Balaban J connectivity index is 2.33. The van der Waals surface area contributed by atoms with Crippen LogP contribution in [-0.4, -0.2) is 7.11 Å². The van der Waals surface area contributed by atoms with Gasteiger partial charge in [0.15, 0.2) is 0 Å². The summed E-state index contributed by atoms with van der Waals surface area (Å²) in [7, 11) is 1.51. The van der Waals surface area contributed by atoms with Gasteiger partial charge in [-0.3, -0.25) is 0 Å². The summed E-state index contributed by atoms with van der Waals surface area (Å²) < 4.78 is 24.6. The van der Waals surface area contributed by atoms with E-state index in [0.717, 1.165) is 0 Å². The van der Waals surface area contributed by atoms with E-state index in [-0.39, 0.29) is 5.02 Å². The van der Waals surface area contributed by atoms with E-state index in [1.165, 1.54) is 19.2 Å². The van der Waals surface area contributed by atoms with Crippen LogP contribution in [0.5, 0.6) is 17.2 Å². The first-order valence-corrected chi connectivity index (χ1v) is 6.44. The highest BCUT2D eigenvalue weighted by Gasteiger charge is 2.10. The molecule has 2 rings (SSSR count). The molecular formula is C13H10BrClFNO2. The summed E-state index contributed by atoms with van der Waals surface area (Å²) in [5.41, 5.74) is 6.20. The number of halogens is 3. The smallest absolute Gasteiger partial charge is 0.145 e. The maximum Gasteiger partial charge on any atom is 0.145 e. The maximum atomic E-state index is 13.4. The molecule has 0 unspecified atom stereocenters. The molecule has 0 aromatic heterocycles. The molecule has 0 aliphatic heterocycles. The maximum absolute atomic E-state index is 13.4. The molecule has 2 aromatic carbocycles. The number of anilines is 1. The second kappa shape index (κ2) is 5.67. The molecule has 0 amide bonds. The second-order valence-electron chi connectivity index (χ2n) is 3.70. The van der Waals surface area contributed by atoms with Crippen molar-refractivity contribution < 1.29 is 13.9 Å². The zero-order chi connectivity index (χ0) is 14.0. The number of benzene rings is 2. The van der Waals surface area contributed by atoms with E-state index < -0.39 is 5.82 Å². The van der Waals surface area contributed by atoms with Gasteiger partial charge in [-0.25, -0.2) is 4.39 Å². The summed E-state index contributed by atoms with van der Waals surface area (Å²) in [5.74, 6) is 0.729. The first kappa shape index (κ1) is 14.0. The van der Waals surface area contributed by atoms with E-state index in [1.807, 2.05) is 0 Å². The standard InChI is InChI=1S/C13H10BrClFNO2/c1-18-13-4-7(2-3-11(13)17)19-12-6-10(16)9(15)5-8(12)14/h2-6H,17H2,1H3. The third-order valence-electron chi connectivity index (χ3n) is 2.41. The van der Waals surface area contributed by atoms with Crippen LogP contribution in [0.1, 0.15) is 0 Å². The fraction of sp³-hybridized carbons (Fsp3) is 0.0769. The minimum Gasteiger partial charge on any atom is -0.494 e. The van der Waals surface area contributed by atoms with E-state index in [0.29, 0.717) is 27.4 Å². The number of hydrogen-bond acceptors (Lipinski definition) is 3. The van der Waals surface area contributed by atoms with Gasteiger partial charge in [0, 0.05) is 12.1 Å². The monoisotopic (exact) mass is 345 g/mol. The predicted molar refractivity (Wildman–Crippen MR) is 76.6 cm³/mol. The molecule has 2 aromatic rings. The van der Waals surface area contributed by atoms with Crippen LogP contribution in [0.4, 0.5) is 10.1 Å². The van der Waals surface area contributed by atoms with Gasteiger partial charge in [0.2, 0.25) is 0 Å². The van der Waals surface area contributed by atoms with Gasteiger partial charge in [-0.2, -0.15) is 0 Å². The number of nitrogen functional groups attached to an aromatic ring is 1. The molecule has 19 heavy (non-hydrogen) atoms. The van der Waals surface area contributed by atoms with Gasteiger partial charge in [-0.05, 0) is 34.1 Å². The van der Waals surface area contributed by atoms with Crippen molar-refractivity contribution in [2.75, 3.05) is 12.8 Å². The number of rotatable bonds is 3. The SMILES string of the molecule is COc1cc(Oc2cc(F)c(Cl)cc2Br)ccc1N. The first-order valence-electron chi connectivity index (χ1n) is 5.27. The summed E-state index contributed by atoms with van der Waals surface area (Å²) in [6, 6.07) is 7.56. The molecule has 0 aliphatic carbocycles. The number of methoxy groups -OCH3 is 1. The molecular weight excluding hydrogens is 337 g/mol. The Hall–Kier alpha value is -1.46. The summed E-state index contributed by atoms with van der Waals surface area (Å²) >= 11 is 8.92. The van der Waals surface area contributed by atoms with Gasteiger partial charge in [0.25, 0.3) is 0 Å². The third-order valence-corrected chi connectivity index (χ3v) is 3.32. The van der Waals surface area contributed by atoms with Crippen LogP contribution in [0.3, 0.4) is 0 Å². The van der Waals surface area contributed by atoms with Crippen molar-refractivity contribution in [1.82, 2.24) is 0 Å². The zero-order valence-corrected chi connectivity index (χ0v) is 12.3. The zero-order valence-electron chi connectivity index (χ0n) is 9.91. The summed E-state index contributed by atoms with van der Waals surface area (Å²) in [5, 5.41) is 0.0223. The van der Waals surface area contributed by atoms with E-state index in [2.05, 4.69) is 15.9 Å². The Morgan fingerprint density at radius 2 is 1.95 bits per heavy atom. The fourth-order valence-electron chi connectivity index (χ4n) is 1.46. The fourth-order valence-corrected chi connectivity index (χ4v) is 2.18. The van der Waals surface area contributed by atoms with E-state index >= 15 is 0 Å². The molecule has 2 N–H and O–H groups in total. The lowest BCUT2D eigenvalue weighted by Gasteiger charge is -2.11. The van der Waals surface area contributed by atoms with Gasteiger partial charge in [0.05, 0.1) is 22.3 Å². The molecule has 0 saturated heterocycles.